The van der Waals surface area contributed by atoms with E-state index in [2.05, 4.69) is 55.4 Å². The molecule has 0 N–H and O–H groups in total. The van der Waals surface area contributed by atoms with Gasteiger partial charge in [0, 0.05) is 5.92 Å². The van der Waals surface area contributed by atoms with E-state index in [4.69, 9.17) is 4.74 Å². The lowest BCUT2D eigenvalue weighted by molar-refractivity contribution is -0.302. The van der Waals surface area contributed by atoms with E-state index < -0.39 is 0 Å². The summed E-state index contributed by atoms with van der Waals surface area (Å²) in [7, 11) is 0. The molecule has 0 spiro atoms. The lowest BCUT2D eigenvalue weighted by atomic mass is 9.59. The molecule has 0 aromatic rings. The molecule has 0 bridgehead atoms. The predicted molar refractivity (Wildman–Crippen MR) is 61.4 cm³/mol. The van der Waals surface area contributed by atoms with Gasteiger partial charge in [-0.3, -0.25) is 0 Å². The van der Waals surface area contributed by atoms with E-state index in [1.807, 2.05) is 0 Å². The standard InChI is InChI=1S/C13H26O/c1-11(2,3)9-10(12(4,5)6)14-13(9,7)8/h9-10H,1-8H3. The minimum absolute atomic E-state index is 0.0518. The van der Waals surface area contributed by atoms with Gasteiger partial charge < -0.3 is 4.74 Å². The smallest absolute Gasteiger partial charge is 0.0691 e. The van der Waals surface area contributed by atoms with Crippen molar-refractivity contribution < 1.29 is 4.74 Å². The summed E-state index contributed by atoms with van der Waals surface area (Å²) in [6.45, 7) is 18.2. The summed E-state index contributed by atoms with van der Waals surface area (Å²) in [5, 5.41) is 0. The van der Waals surface area contributed by atoms with Crippen molar-refractivity contribution in [3.05, 3.63) is 0 Å². The summed E-state index contributed by atoms with van der Waals surface area (Å²) in [6.07, 6.45) is 0.400. The third kappa shape index (κ3) is 1.98. The number of rotatable bonds is 0. The predicted octanol–water partition coefficient (Wildman–Crippen LogP) is 3.87. The highest BCUT2D eigenvalue weighted by Crippen LogP contribution is 2.54. The topological polar surface area (TPSA) is 9.23 Å². The molecule has 1 rings (SSSR count). The van der Waals surface area contributed by atoms with Crippen molar-refractivity contribution in [3.63, 3.8) is 0 Å². The molecule has 0 saturated carbocycles. The Morgan fingerprint density at radius 2 is 1.29 bits per heavy atom. The van der Waals surface area contributed by atoms with E-state index in [9.17, 15) is 0 Å². The first kappa shape index (κ1) is 12.0. The molecular weight excluding hydrogens is 172 g/mol. The molecule has 2 unspecified atom stereocenters. The van der Waals surface area contributed by atoms with Crippen LogP contribution in [0.25, 0.3) is 0 Å². The Hall–Kier alpha value is -0.0400. The van der Waals surface area contributed by atoms with Gasteiger partial charge in [-0.05, 0) is 24.7 Å². The Labute approximate surface area is 89.2 Å². The Kier molecular flexibility index (Phi) is 2.56. The van der Waals surface area contributed by atoms with Crippen LogP contribution in [0.15, 0.2) is 0 Å². The summed E-state index contributed by atoms with van der Waals surface area (Å²) in [5.74, 6) is 0.648. The Morgan fingerprint density at radius 3 is 1.43 bits per heavy atom. The molecule has 2 atom stereocenters. The molecule has 0 aromatic heterocycles. The van der Waals surface area contributed by atoms with Crippen LogP contribution in [0.1, 0.15) is 55.4 Å². The normalized spacial score (nSPS) is 32.6. The molecule has 84 valence electrons. The van der Waals surface area contributed by atoms with Crippen LogP contribution in [0.4, 0.5) is 0 Å². The highest BCUT2D eigenvalue weighted by molar-refractivity contribution is 5.04. The third-order valence-electron chi connectivity index (χ3n) is 3.27. The molecule has 1 heterocycles. The van der Waals surface area contributed by atoms with E-state index in [0.29, 0.717) is 17.4 Å². The van der Waals surface area contributed by atoms with E-state index in [1.54, 1.807) is 0 Å². The van der Waals surface area contributed by atoms with Crippen LogP contribution in [0.5, 0.6) is 0 Å². The lowest BCUT2D eigenvalue weighted by Crippen LogP contribution is -2.65. The van der Waals surface area contributed by atoms with Gasteiger partial charge in [-0.25, -0.2) is 0 Å². The zero-order valence-electron chi connectivity index (χ0n) is 11.1. The van der Waals surface area contributed by atoms with E-state index in [0.717, 1.165) is 0 Å². The van der Waals surface area contributed by atoms with Crippen LogP contribution >= 0.6 is 0 Å². The molecule has 0 radical (unpaired) electrons. The molecular formula is C13H26O. The van der Waals surface area contributed by atoms with Crippen molar-refractivity contribution in [3.8, 4) is 0 Å². The second-order valence-electron chi connectivity index (χ2n) is 7.35. The quantitative estimate of drug-likeness (QED) is 0.574. The second kappa shape index (κ2) is 2.98. The maximum absolute atomic E-state index is 6.03. The minimum Gasteiger partial charge on any atom is -0.371 e. The Balaban J connectivity index is 2.87. The lowest BCUT2D eigenvalue weighted by Gasteiger charge is -2.61. The van der Waals surface area contributed by atoms with Crippen LogP contribution in [0.2, 0.25) is 0 Å². The van der Waals surface area contributed by atoms with Gasteiger partial charge in [0.25, 0.3) is 0 Å². The Morgan fingerprint density at radius 1 is 0.857 bits per heavy atom. The van der Waals surface area contributed by atoms with Gasteiger partial charge in [0.15, 0.2) is 0 Å². The van der Waals surface area contributed by atoms with Gasteiger partial charge in [-0.1, -0.05) is 41.5 Å². The summed E-state index contributed by atoms with van der Waals surface area (Å²) in [5.41, 5.74) is 0.642. The zero-order chi connectivity index (χ0) is 11.4. The summed E-state index contributed by atoms with van der Waals surface area (Å²) in [4.78, 5) is 0. The molecule has 1 heteroatoms. The van der Waals surface area contributed by atoms with Gasteiger partial charge in [0.2, 0.25) is 0 Å². The highest BCUT2D eigenvalue weighted by atomic mass is 16.5. The minimum atomic E-state index is 0.0518. The van der Waals surface area contributed by atoms with Crippen LogP contribution in [-0.4, -0.2) is 11.7 Å². The van der Waals surface area contributed by atoms with Crippen molar-refractivity contribution >= 4 is 0 Å². The molecule has 0 aliphatic carbocycles. The fourth-order valence-electron chi connectivity index (χ4n) is 2.93. The van der Waals surface area contributed by atoms with E-state index in [1.165, 1.54) is 0 Å². The first-order valence-electron chi connectivity index (χ1n) is 5.64. The highest BCUT2D eigenvalue weighted by Gasteiger charge is 2.57. The fraction of sp³-hybridized carbons (Fsp3) is 1.00. The van der Waals surface area contributed by atoms with Crippen LogP contribution in [0.3, 0.4) is 0 Å². The van der Waals surface area contributed by atoms with E-state index >= 15 is 0 Å². The van der Waals surface area contributed by atoms with Gasteiger partial charge in [-0.15, -0.1) is 0 Å². The van der Waals surface area contributed by atoms with Crippen LogP contribution < -0.4 is 0 Å². The van der Waals surface area contributed by atoms with Crippen molar-refractivity contribution in [1.82, 2.24) is 0 Å². The SMILES string of the molecule is CC(C)(C)C1OC(C)(C)C1C(C)(C)C. The molecule has 0 amide bonds. The van der Waals surface area contributed by atoms with Crippen molar-refractivity contribution in [2.24, 2.45) is 16.7 Å². The van der Waals surface area contributed by atoms with Gasteiger partial charge in [-0.2, -0.15) is 0 Å². The Bertz CT molecular complexity index is 204. The summed E-state index contributed by atoms with van der Waals surface area (Å²) < 4.78 is 6.03. The van der Waals surface area contributed by atoms with Crippen LogP contribution in [-0.2, 0) is 4.74 Å². The first-order valence-corrected chi connectivity index (χ1v) is 5.64. The van der Waals surface area contributed by atoms with Gasteiger partial charge in [0.1, 0.15) is 0 Å². The van der Waals surface area contributed by atoms with Crippen molar-refractivity contribution in [2.45, 2.75) is 67.1 Å². The summed E-state index contributed by atoms with van der Waals surface area (Å²) in [6, 6.07) is 0. The number of hydrogen-bond acceptors (Lipinski definition) is 1. The maximum Gasteiger partial charge on any atom is 0.0691 e. The second-order valence-corrected chi connectivity index (χ2v) is 7.35. The molecule has 1 fully saturated rings. The molecule has 1 aliphatic rings. The van der Waals surface area contributed by atoms with Gasteiger partial charge >= 0.3 is 0 Å². The average molecular weight is 198 g/mol. The zero-order valence-corrected chi connectivity index (χ0v) is 11.1. The number of ether oxygens (including phenoxy) is 1. The average Bonchev–Trinajstić information content (AvgIpc) is 1.76. The van der Waals surface area contributed by atoms with Crippen LogP contribution in [0, 0.1) is 16.7 Å². The fourth-order valence-corrected chi connectivity index (χ4v) is 2.93. The monoisotopic (exact) mass is 198 g/mol. The largest absolute Gasteiger partial charge is 0.371 e. The van der Waals surface area contributed by atoms with Gasteiger partial charge in [0.05, 0.1) is 11.7 Å². The molecule has 1 nitrogen and oxygen atoms in total. The molecule has 0 aromatic carbocycles. The third-order valence-corrected chi connectivity index (χ3v) is 3.27. The molecule has 1 saturated heterocycles. The molecule has 1 aliphatic heterocycles. The maximum atomic E-state index is 6.03. The van der Waals surface area contributed by atoms with Crippen molar-refractivity contribution in [1.29, 1.82) is 0 Å². The van der Waals surface area contributed by atoms with E-state index in [-0.39, 0.29) is 11.0 Å². The first-order chi connectivity index (χ1) is 5.96. The number of hydrogen-bond donors (Lipinski definition) is 0. The summed E-state index contributed by atoms with van der Waals surface area (Å²) >= 11 is 0. The molecule has 14 heavy (non-hydrogen) atoms. The van der Waals surface area contributed by atoms with Crippen molar-refractivity contribution in [2.75, 3.05) is 0 Å².